The molecule has 0 unspecified atom stereocenters. The summed E-state index contributed by atoms with van der Waals surface area (Å²) in [5.41, 5.74) is 0. The van der Waals surface area contributed by atoms with E-state index in [1.54, 1.807) is 0 Å². The normalized spacial score (nSPS) is 22.9. The molecule has 0 radical (unpaired) electrons. The van der Waals surface area contributed by atoms with Crippen LogP contribution in [0.1, 0.15) is 6.42 Å². The largest absolute Gasteiger partial charge is 0.365 e. The van der Waals surface area contributed by atoms with Crippen molar-refractivity contribution in [3.8, 4) is 0 Å². The van der Waals surface area contributed by atoms with Crippen molar-refractivity contribution < 1.29 is 13.2 Å². The number of rotatable bonds is 1. The van der Waals surface area contributed by atoms with E-state index in [0.29, 0.717) is 13.2 Å². The molecule has 5 heteroatoms. The third-order valence-electron chi connectivity index (χ3n) is 1.40. The number of sulfonamides is 1. The fraction of sp³-hybridized carbons (Fsp3) is 1.00. The summed E-state index contributed by atoms with van der Waals surface area (Å²) < 4.78 is 27.9. The van der Waals surface area contributed by atoms with Gasteiger partial charge in [0, 0.05) is 13.2 Å². The molecule has 60 valence electrons. The minimum atomic E-state index is -3.02. The molecule has 0 saturated carbocycles. The fourth-order valence-electron chi connectivity index (χ4n) is 0.835. The first-order valence-electron chi connectivity index (χ1n) is 3.13. The van der Waals surface area contributed by atoms with E-state index in [0.717, 1.165) is 6.42 Å². The van der Waals surface area contributed by atoms with Crippen LogP contribution < -0.4 is 0 Å². The molecule has 0 aromatic heterocycles. The molecule has 0 aromatic carbocycles. The smallest absolute Gasteiger partial charge is 0.213 e. The Morgan fingerprint density at radius 1 is 1.50 bits per heavy atom. The van der Waals surface area contributed by atoms with Crippen LogP contribution in [0.2, 0.25) is 0 Å². The summed E-state index contributed by atoms with van der Waals surface area (Å²) >= 11 is 0. The van der Waals surface area contributed by atoms with Gasteiger partial charge in [0.1, 0.15) is 6.73 Å². The van der Waals surface area contributed by atoms with Gasteiger partial charge < -0.3 is 4.74 Å². The number of hydrogen-bond donors (Lipinski definition) is 0. The van der Waals surface area contributed by atoms with Crippen molar-refractivity contribution in [3.05, 3.63) is 0 Å². The molecule has 0 bridgehead atoms. The molecule has 1 aliphatic rings. The average Bonchev–Trinajstić information content (AvgIpc) is 1.88. The fourth-order valence-corrected chi connectivity index (χ4v) is 1.56. The molecule has 1 saturated heterocycles. The van der Waals surface area contributed by atoms with E-state index < -0.39 is 10.0 Å². The Morgan fingerprint density at radius 2 is 2.20 bits per heavy atom. The van der Waals surface area contributed by atoms with Gasteiger partial charge in [-0.3, -0.25) is 0 Å². The van der Waals surface area contributed by atoms with Gasteiger partial charge in [-0.2, -0.15) is 4.31 Å². The van der Waals surface area contributed by atoms with Gasteiger partial charge in [0.15, 0.2) is 0 Å². The zero-order valence-electron chi connectivity index (χ0n) is 5.91. The van der Waals surface area contributed by atoms with E-state index in [-0.39, 0.29) is 6.73 Å². The van der Waals surface area contributed by atoms with Gasteiger partial charge in [-0.1, -0.05) is 0 Å². The van der Waals surface area contributed by atoms with Gasteiger partial charge in [-0.25, -0.2) is 8.42 Å². The van der Waals surface area contributed by atoms with Crippen molar-refractivity contribution in [1.82, 2.24) is 4.31 Å². The van der Waals surface area contributed by atoms with Crippen LogP contribution in [0.4, 0.5) is 0 Å². The van der Waals surface area contributed by atoms with E-state index >= 15 is 0 Å². The first kappa shape index (κ1) is 7.97. The van der Waals surface area contributed by atoms with Gasteiger partial charge in [0.2, 0.25) is 10.0 Å². The minimum absolute atomic E-state index is 0.221. The van der Waals surface area contributed by atoms with E-state index in [9.17, 15) is 8.42 Å². The van der Waals surface area contributed by atoms with Crippen LogP contribution in [0.25, 0.3) is 0 Å². The van der Waals surface area contributed by atoms with Gasteiger partial charge in [0.25, 0.3) is 0 Å². The lowest BCUT2D eigenvalue weighted by molar-refractivity contribution is 0.0317. The Balaban J connectivity index is 2.56. The van der Waals surface area contributed by atoms with Crippen LogP contribution >= 0.6 is 0 Å². The van der Waals surface area contributed by atoms with Crippen LogP contribution in [0.15, 0.2) is 0 Å². The Bertz CT molecular complexity index is 193. The SMILES string of the molecule is CS(=O)(=O)N1CCCOC1. The minimum Gasteiger partial charge on any atom is -0.365 e. The average molecular weight is 165 g/mol. The van der Waals surface area contributed by atoms with Gasteiger partial charge >= 0.3 is 0 Å². The molecule has 0 aromatic rings. The summed E-state index contributed by atoms with van der Waals surface area (Å²) in [5.74, 6) is 0. The maximum atomic E-state index is 10.8. The molecule has 4 nitrogen and oxygen atoms in total. The van der Waals surface area contributed by atoms with Gasteiger partial charge in [-0.05, 0) is 6.42 Å². The highest BCUT2D eigenvalue weighted by Crippen LogP contribution is 2.04. The lowest BCUT2D eigenvalue weighted by atomic mass is 10.4. The lowest BCUT2D eigenvalue weighted by Crippen LogP contribution is -2.37. The first-order chi connectivity index (χ1) is 4.61. The number of ether oxygens (including phenoxy) is 1. The number of nitrogens with zero attached hydrogens (tertiary/aromatic N) is 1. The molecule has 1 fully saturated rings. The van der Waals surface area contributed by atoms with E-state index in [1.807, 2.05) is 0 Å². The topological polar surface area (TPSA) is 46.6 Å². The highest BCUT2D eigenvalue weighted by molar-refractivity contribution is 7.88. The third-order valence-corrected chi connectivity index (χ3v) is 2.63. The van der Waals surface area contributed by atoms with E-state index in [1.165, 1.54) is 10.6 Å². The third kappa shape index (κ3) is 1.93. The second-order valence-electron chi connectivity index (χ2n) is 2.33. The molecule has 10 heavy (non-hydrogen) atoms. The van der Waals surface area contributed by atoms with Crippen LogP contribution in [0, 0.1) is 0 Å². The van der Waals surface area contributed by atoms with Crippen LogP contribution in [0.5, 0.6) is 0 Å². The maximum Gasteiger partial charge on any atom is 0.213 e. The highest BCUT2D eigenvalue weighted by atomic mass is 32.2. The molecule has 0 atom stereocenters. The van der Waals surface area contributed by atoms with Crippen molar-refractivity contribution in [2.24, 2.45) is 0 Å². The Morgan fingerprint density at radius 3 is 2.50 bits per heavy atom. The highest BCUT2D eigenvalue weighted by Gasteiger charge is 2.18. The van der Waals surface area contributed by atoms with Crippen LogP contribution in [-0.2, 0) is 14.8 Å². The summed E-state index contributed by atoms with van der Waals surface area (Å²) in [6, 6.07) is 0. The molecular weight excluding hydrogens is 154 g/mol. The Labute approximate surface area is 60.8 Å². The summed E-state index contributed by atoms with van der Waals surface area (Å²) in [7, 11) is -3.02. The maximum absolute atomic E-state index is 10.8. The predicted octanol–water partition coefficient (Wildman–Crippen LogP) is -0.374. The Hall–Kier alpha value is -0.130. The molecule has 0 spiro atoms. The van der Waals surface area contributed by atoms with Crippen molar-refractivity contribution in [3.63, 3.8) is 0 Å². The Kier molecular flexibility index (Phi) is 2.28. The zero-order chi connectivity index (χ0) is 7.61. The second kappa shape index (κ2) is 2.86. The van der Waals surface area contributed by atoms with Crippen molar-refractivity contribution in [2.45, 2.75) is 6.42 Å². The van der Waals surface area contributed by atoms with Crippen LogP contribution in [-0.4, -0.2) is 38.9 Å². The summed E-state index contributed by atoms with van der Waals surface area (Å²) in [6.45, 7) is 1.49. The molecule has 0 N–H and O–H groups in total. The molecule has 0 amide bonds. The van der Waals surface area contributed by atoms with Crippen molar-refractivity contribution in [1.29, 1.82) is 0 Å². The van der Waals surface area contributed by atoms with Gasteiger partial charge in [0.05, 0.1) is 6.26 Å². The van der Waals surface area contributed by atoms with Crippen molar-refractivity contribution >= 4 is 10.0 Å². The summed E-state index contributed by atoms with van der Waals surface area (Å²) in [5, 5.41) is 0. The molecule has 0 aliphatic carbocycles. The predicted molar refractivity (Wildman–Crippen MR) is 37.0 cm³/mol. The monoisotopic (exact) mass is 165 g/mol. The summed E-state index contributed by atoms with van der Waals surface area (Å²) in [6.07, 6.45) is 1.99. The van der Waals surface area contributed by atoms with Gasteiger partial charge in [-0.15, -0.1) is 0 Å². The van der Waals surface area contributed by atoms with E-state index in [4.69, 9.17) is 4.74 Å². The molecule has 1 aliphatic heterocycles. The first-order valence-corrected chi connectivity index (χ1v) is 4.98. The lowest BCUT2D eigenvalue weighted by Gasteiger charge is -2.23. The second-order valence-corrected chi connectivity index (χ2v) is 4.31. The zero-order valence-corrected chi connectivity index (χ0v) is 6.73. The van der Waals surface area contributed by atoms with E-state index in [2.05, 4.69) is 0 Å². The standard InChI is InChI=1S/C5H11NO3S/c1-10(7,8)6-3-2-4-9-5-6/h2-5H2,1H3. The molecule has 1 rings (SSSR count). The quantitative estimate of drug-likeness (QED) is 0.532. The number of hydrogen-bond acceptors (Lipinski definition) is 3. The molecule has 1 heterocycles. The summed E-state index contributed by atoms with van der Waals surface area (Å²) in [4.78, 5) is 0. The van der Waals surface area contributed by atoms with Crippen molar-refractivity contribution in [2.75, 3.05) is 26.1 Å². The van der Waals surface area contributed by atoms with Crippen LogP contribution in [0.3, 0.4) is 0 Å². The molecular formula is C5H11NO3S.